The molecule has 0 bridgehead atoms. The second kappa shape index (κ2) is 6.98. The highest BCUT2D eigenvalue weighted by Crippen LogP contribution is 2.42. The van der Waals surface area contributed by atoms with Gasteiger partial charge in [0.25, 0.3) is 0 Å². The Kier molecular flexibility index (Phi) is 4.83. The SMILES string of the molecule is Cc1nc2sc([C@H](c3ccc(Cl)c(Cl)c3)N3CCC(O)CC3)c(O)n2n1. The number of aliphatic hydroxyl groups excluding tert-OH is 1. The highest BCUT2D eigenvalue weighted by molar-refractivity contribution is 7.17. The molecule has 1 fully saturated rings. The van der Waals surface area contributed by atoms with E-state index in [1.165, 1.54) is 15.9 Å². The van der Waals surface area contributed by atoms with E-state index < -0.39 is 0 Å². The van der Waals surface area contributed by atoms with Crippen molar-refractivity contribution in [3.8, 4) is 5.88 Å². The summed E-state index contributed by atoms with van der Waals surface area (Å²) in [5.41, 5.74) is 0.937. The number of halogens is 2. The highest BCUT2D eigenvalue weighted by atomic mass is 35.5. The number of aromatic hydroxyl groups is 1. The van der Waals surface area contributed by atoms with E-state index in [2.05, 4.69) is 15.0 Å². The van der Waals surface area contributed by atoms with Crippen molar-refractivity contribution in [2.24, 2.45) is 0 Å². The van der Waals surface area contributed by atoms with Gasteiger partial charge in [-0.15, -0.1) is 5.10 Å². The first-order valence-corrected chi connectivity index (χ1v) is 9.93. The molecule has 1 aliphatic rings. The molecule has 0 aliphatic carbocycles. The van der Waals surface area contributed by atoms with Gasteiger partial charge in [0.2, 0.25) is 10.8 Å². The van der Waals surface area contributed by atoms with Gasteiger partial charge >= 0.3 is 0 Å². The summed E-state index contributed by atoms with van der Waals surface area (Å²) in [6.45, 7) is 3.23. The van der Waals surface area contributed by atoms with Gasteiger partial charge in [0.05, 0.1) is 27.1 Å². The Hall–Kier alpha value is -1.38. The lowest BCUT2D eigenvalue weighted by atomic mass is 9.99. The quantitative estimate of drug-likeness (QED) is 0.686. The van der Waals surface area contributed by atoms with Crippen molar-refractivity contribution in [2.45, 2.75) is 31.9 Å². The molecular formula is C17H18Cl2N4O2S. The van der Waals surface area contributed by atoms with Crippen LogP contribution in [-0.4, -0.2) is 48.9 Å². The van der Waals surface area contributed by atoms with Crippen LogP contribution in [0.5, 0.6) is 5.88 Å². The number of aliphatic hydroxyl groups is 1. The molecule has 1 atom stereocenters. The Morgan fingerprint density at radius 3 is 2.62 bits per heavy atom. The third-order valence-electron chi connectivity index (χ3n) is 4.68. The summed E-state index contributed by atoms with van der Waals surface area (Å²) in [5.74, 6) is 0.707. The number of aromatic nitrogens is 3. The number of nitrogens with zero attached hydrogens (tertiary/aromatic N) is 4. The van der Waals surface area contributed by atoms with Gasteiger partial charge in [-0.2, -0.15) is 4.52 Å². The lowest BCUT2D eigenvalue weighted by Gasteiger charge is -2.36. The minimum Gasteiger partial charge on any atom is -0.492 e. The zero-order valence-corrected chi connectivity index (χ0v) is 16.4. The number of hydrogen-bond donors (Lipinski definition) is 2. The number of likely N-dealkylation sites (tertiary alicyclic amines) is 1. The van der Waals surface area contributed by atoms with E-state index in [9.17, 15) is 10.2 Å². The molecule has 9 heteroatoms. The van der Waals surface area contributed by atoms with Crippen molar-refractivity contribution < 1.29 is 10.2 Å². The van der Waals surface area contributed by atoms with Crippen molar-refractivity contribution >= 4 is 39.5 Å². The monoisotopic (exact) mass is 412 g/mol. The summed E-state index contributed by atoms with van der Waals surface area (Å²) in [4.78, 5) is 8.01. The fourth-order valence-electron chi connectivity index (χ4n) is 3.38. The van der Waals surface area contributed by atoms with Gasteiger partial charge in [-0.1, -0.05) is 40.6 Å². The Balaban J connectivity index is 1.82. The minimum absolute atomic E-state index is 0.0906. The molecule has 138 valence electrons. The van der Waals surface area contributed by atoms with Crippen molar-refractivity contribution in [3.05, 3.63) is 44.5 Å². The van der Waals surface area contributed by atoms with E-state index in [4.69, 9.17) is 23.2 Å². The minimum atomic E-state index is -0.278. The number of fused-ring (bicyclic) bond motifs is 1. The summed E-state index contributed by atoms with van der Waals surface area (Å²) in [7, 11) is 0. The number of thiazole rings is 1. The van der Waals surface area contributed by atoms with Crippen molar-refractivity contribution in [1.29, 1.82) is 0 Å². The smallest absolute Gasteiger partial charge is 0.230 e. The predicted molar refractivity (Wildman–Crippen MR) is 102 cm³/mol. The molecule has 1 saturated heterocycles. The Bertz CT molecular complexity index is 950. The van der Waals surface area contributed by atoms with Gasteiger partial charge in [0.1, 0.15) is 5.82 Å². The number of rotatable bonds is 3. The highest BCUT2D eigenvalue weighted by Gasteiger charge is 2.32. The maximum absolute atomic E-state index is 10.8. The van der Waals surface area contributed by atoms with Gasteiger partial charge in [0, 0.05) is 13.1 Å². The molecule has 2 aromatic heterocycles. The maximum atomic E-state index is 10.8. The molecule has 26 heavy (non-hydrogen) atoms. The molecular weight excluding hydrogens is 395 g/mol. The lowest BCUT2D eigenvalue weighted by Crippen LogP contribution is -2.38. The average Bonchev–Trinajstić information content (AvgIpc) is 3.11. The lowest BCUT2D eigenvalue weighted by molar-refractivity contribution is 0.0689. The van der Waals surface area contributed by atoms with Crippen LogP contribution in [0.4, 0.5) is 0 Å². The molecule has 3 heterocycles. The van der Waals surface area contributed by atoms with Crippen LogP contribution in [0.1, 0.15) is 35.1 Å². The van der Waals surface area contributed by atoms with E-state index >= 15 is 0 Å². The zero-order chi connectivity index (χ0) is 18.4. The Morgan fingerprint density at radius 1 is 1.23 bits per heavy atom. The molecule has 6 nitrogen and oxygen atoms in total. The van der Waals surface area contributed by atoms with E-state index in [-0.39, 0.29) is 18.0 Å². The third-order valence-corrected chi connectivity index (χ3v) is 6.49. The second-order valence-electron chi connectivity index (χ2n) is 6.49. The average molecular weight is 413 g/mol. The van der Waals surface area contributed by atoms with Crippen LogP contribution in [0.25, 0.3) is 4.96 Å². The van der Waals surface area contributed by atoms with Crippen LogP contribution < -0.4 is 0 Å². The second-order valence-corrected chi connectivity index (χ2v) is 8.31. The van der Waals surface area contributed by atoms with Crippen molar-refractivity contribution in [3.63, 3.8) is 0 Å². The molecule has 0 spiro atoms. The summed E-state index contributed by atoms with van der Waals surface area (Å²) in [5, 5.41) is 25.9. The fourth-order valence-corrected chi connectivity index (χ4v) is 4.85. The van der Waals surface area contributed by atoms with Gasteiger partial charge in [0.15, 0.2) is 0 Å². The Morgan fingerprint density at radius 2 is 1.96 bits per heavy atom. The molecule has 1 aliphatic heterocycles. The fraction of sp³-hybridized carbons (Fsp3) is 0.412. The summed E-state index contributed by atoms with van der Waals surface area (Å²) in [6.07, 6.45) is 1.11. The maximum Gasteiger partial charge on any atom is 0.230 e. The first kappa shape index (κ1) is 18.0. The molecule has 2 N–H and O–H groups in total. The number of aryl methyl sites for hydroxylation is 1. The molecule has 4 rings (SSSR count). The van der Waals surface area contributed by atoms with Crippen molar-refractivity contribution in [2.75, 3.05) is 13.1 Å². The van der Waals surface area contributed by atoms with E-state index in [1.54, 1.807) is 13.0 Å². The van der Waals surface area contributed by atoms with Gasteiger partial charge < -0.3 is 10.2 Å². The van der Waals surface area contributed by atoms with Crippen LogP contribution in [0, 0.1) is 6.92 Å². The van der Waals surface area contributed by atoms with Crippen LogP contribution in [0.15, 0.2) is 18.2 Å². The largest absolute Gasteiger partial charge is 0.492 e. The number of benzene rings is 1. The molecule has 0 radical (unpaired) electrons. The molecule has 0 unspecified atom stereocenters. The van der Waals surface area contributed by atoms with E-state index in [0.717, 1.165) is 23.5 Å². The summed E-state index contributed by atoms with van der Waals surface area (Å²) >= 11 is 13.7. The molecule has 1 aromatic carbocycles. The molecule has 0 amide bonds. The third kappa shape index (κ3) is 3.18. The molecule has 3 aromatic rings. The number of piperidine rings is 1. The Labute approximate surface area is 164 Å². The summed E-state index contributed by atoms with van der Waals surface area (Å²) in [6, 6.07) is 5.32. The van der Waals surface area contributed by atoms with E-state index in [0.29, 0.717) is 33.7 Å². The van der Waals surface area contributed by atoms with Crippen molar-refractivity contribution in [1.82, 2.24) is 19.5 Å². The first-order chi connectivity index (χ1) is 12.4. The van der Waals surface area contributed by atoms with E-state index in [1.807, 2.05) is 12.1 Å². The standard InChI is InChI=1S/C17H18Cl2N4O2S/c1-9-20-17-23(21-9)16(25)15(26-17)14(22-6-4-11(24)5-7-22)10-2-3-12(18)13(19)8-10/h2-3,8,11,14,24-25H,4-7H2,1H3/t14-/m0/s1. The number of hydrogen-bond acceptors (Lipinski definition) is 6. The topological polar surface area (TPSA) is 73.9 Å². The van der Waals surface area contributed by atoms with Gasteiger partial charge in [-0.3, -0.25) is 4.90 Å². The van der Waals surface area contributed by atoms with Crippen LogP contribution >= 0.6 is 34.5 Å². The predicted octanol–water partition coefficient (Wildman–Crippen LogP) is 3.66. The van der Waals surface area contributed by atoms with Crippen LogP contribution in [0.2, 0.25) is 10.0 Å². The van der Waals surface area contributed by atoms with Crippen LogP contribution in [-0.2, 0) is 0 Å². The summed E-state index contributed by atoms with van der Waals surface area (Å²) < 4.78 is 1.47. The molecule has 0 saturated carbocycles. The first-order valence-electron chi connectivity index (χ1n) is 8.36. The zero-order valence-electron chi connectivity index (χ0n) is 14.1. The van der Waals surface area contributed by atoms with Crippen LogP contribution in [0.3, 0.4) is 0 Å². The van der Waals surface area contributed by atoms with Gasteiger partial charge in [-0.05, 0) is 37.5 Å². The normalized spacial score (nSPS) is 17.8. The van der Waals surface area contributed by atoms with Gasteiger partial charge in [-0.25, -0.2) is 4.98 Å².